The van der Waals surface area contributed by atoms with E-state index in [1.165, 1.54) is 0 Å². The van der Waals surface area contributed by atoms with Crippen LogP contribution in [0.15, 0.2) is 53.1 Å². The molecule has 1 saturated heterocycles. The van der Waals surface area contributed by atoms with Crippen molar-refractivity contribution in [2.24, 2.45) is 5.73 Å². The summed E-state index contributed by atoms with van der Waals surface area (Å²) >= 11 is 0. The van der Waals surface area contributed by atoms with Crippen LogP contribution in [0.3, 0.4) is 0 Å². The first-order valence-electron chi connectivity index (χ1n) is 8.21. The van der Waals surface area contributed by atoms with Gasteiger partial charge in [-0.05, 0) is 37.1 Å². The number of para-hydroxylation sites is 1. The number of pyridine rings is 1. The molecule has 1 atom stereocenters. The van der Waals surface area contributed by atoms with Crippen molar-refractivity contribution >= 4 is 41.6 Å². The Morgan fingerprint density at radius 1 is 1.19 bits per heavy atom. The van der Waals surface area contributed by atoms with Crippen LogP contribution in [0.25, 0.3) is 22.4 Å². The number of hydrogen-bond acceptors (Lipinski definition) is 4. The van der Waals surface area contributed by atoms with Gasteiger partial charge in [0.2, 0.25) is 0 Å². The van der Waals surface area contributed by atoms with Gasteiger partial charge in [0, 0.05) is 24.5 Å². The Bertz CT molecular complexity index is 884. The van der Waals surface area contributed by atoms with E-state index in [-0.39, 0.29) is 36.8 Å². The summed E-state index contributed by atoms with van der Waals surface area (Å²) in [5, 5.41) is 0.858. The topological polar surface area (TPSA) is 72.4 Å². The third kappa shape index (κ3) is 3.85. The molecule has 5 nitrogen and oxygen atoms in total. The van der Waals surface area contributed by atoms with Crippen LogP contribution in [-0.4, -0.2) is 34.9 Å². The summed E-state index contributed by atoms with van der Waals surface area (Å²) in [6, 6.07) is 13.2. The summed E-state index contributed by atoms with van der Waals surface area (Å²) in [6.45, 7) is 1.35. The second-order valence-corrected chi connectivity index (χ2v) is 6.20. The molecule has 26 heavy (non-hydrogen) atoms. The minimum absolute atomic E-state index is 0. The number of rotatable bonds is 2. The average molecular weight is 394 g/mol. The van der Waals surface area contributed by atoms with Crippen molar-refractivity contribution < 1.29 is 9.21 Å². The molecule has 0 bridgehead atoms. The fraction of sp³-hybridized carbons (Fsp3) is 0.263. The molecule has 3 aromatic rings. The molecular formula is C19H21Cl2N3O2. The summed E-state index contributed by atoms with van der Waals surface area (Å²) < 4.78 is 5.46. The van der Waals surface area contributed by atoms with E-state index in [1.54, 1.807) is 6.26 Å². The van der Waals surface area contributed by atoms with Crippen molar-refractivity contribution in [3.8, 4) is 11.5 Å². The lowest BCUT2D eigenvalue weighted by Crippen LogP contribution is -2.45. The zero-order valence-electron chi connectivity index (χ0n) is 14.1. The standard InChI is InChI=1S/C19H19N3O2.2ClH/c20-13-5-3-9-22(12-13)19(23)15-11-17(18-8-4-10-24-18)21-16-7-2-1-6-14(15)16;;/h1-2,4,6-8,10-11,13H,3,5,9,12,20H2;2*1H. The Hall–Kier alpha value is -2.08. The van der Waals surface area contributed by atoms with Crippen LogP contribution in [-0.2, 0) is 0 Å². The van der Waals surface area contributed by atoms with E-state index in [2.05, 4.69) is 4.98 Å². The Labute approximate surface area is 164 Å². The van der Waals surface area contributed by atoms with E-state index in [4.69, 9.17) is 10.2 Å². The van der Waals surface area contributed by atoms with Gasteiger partial charge >= 0.3 is 0 Å². The number of nitrogens with zero attached hydrogens (tertiary/aromatic N) is 2. The molecule has 4 rings (SSSR count). The third-order valence-corrected chi connectivity index (χ3v) is 4.47. The summed E-state index contributed by atoms with van der Waals surface area (Å²) in [5.41, 5.74) is 8.15. The summed E-state index contributed by atoms with van der Waals surface area (Å²) in [5.74, 6) is 0.668. The number of hydrogen-bond donors (Lipinski definition) is 1. The first kappa shape index (κ1) is 20.2. The van der Waals surface area contributed by atoms with Crippen LogP contribution < -0.4 is 5.73 Å². The molecule has 1 aliphatic rings. The lowest BCUT2D eigenvalue weighted by molar-refractivity contribution is 0.0711. The maximum Gasteiger partial charge on any atom is 0.254 e. The van der Waals surface area contributed by atoms with Gasteiger partial charge in [-0.2, -0.15) is 0 Å². The lowest BCUT2D eigenvalue weighted by Gasteiger charge is -2.31. The average Bonchev–Trinajstić information content (AvgIpc) is 3.15. The number of aromatic nitrogens is 1. The molecule has 138 valence electrons. The van der Waals surface area contributed by atoms with E-state index >= 15 is 0 Å². The number of fused-ring (bicyclic) bond motifs is 1. The van der Waals surface area contributed by atoms with Crippen molar-refractivity contribution in [1.29, 1.82) is 0 Å². The number of halogens is 2. The fourth-order valence-electron chi connectivity index (χ4n) is 3.27. The van der Waals surface area contributed by atoms with Crippen molar-refractivity contribution in [2.75, 3.05) is 13.1 Å². The smallest absolute Gasteiger partial charge is 0.254 e. The van der Waals surface area contributed by atoms with Crippen LogP contribution >= 0.6 is 24.8 Å². The van der Waals surface area contributed by atoms with Gasteiger partial charge < -0.3 is 15.1 Å². The van der Waals surface area contributed by atoms with E-state index in [9.17, 15) is 4.79 Å². The van der Waals surface area contributed by atoms with Crippen LogP contribution in [0.4, 0.5) is 0 Å². The van der Waals surface area contributed by atoms with Gasteiger partial charge in [-0.3, -0.25) is 4.79 Å². The minimum atomic E-state index is 0. The van der Waals surface area contributed by atoms with Gasteiger partial charge in [0.1, 0.15) is 5.69 Å². The van der Waals surface area contributed by atoms with E-state index in [1.807, 2.05) is 47.4 Å². The van der Waals surface area contributed by atoms with Crippen molar-refractivity contribution in [1.82, 2.24) is 9.88 Å². The van der Waals surface area contributed by atoms with E-state index in [0.717, 1.165) is 30.3 Å². The number of carbonyl (C=O) groups excluding carboxylic acids is 1. The van der Waals surface area contributed by atoms with Crippen LogP contribution in [0.5, 0.6) is 0 Å². The predicted octanol–water partition coefficient (Wildman–Crippen LogP) is 3.90. The van der Waals surface area contributed by atoms with E-state index < -0.39 is 0 Å². The molecule has 0 saturated carbocycles. The largest absolute Gasteiger partial charge is 0.463 e. The number of benzene rings is 1. The molecule has 1 aromatic carbocycles. The maximum absolute atomic E-state index is 13.1. The molecule has 2 N–H and O–H groups in total. The molecule has 0 radical (unpaired) electrons. The van der Waals surface area contributed by atoms with Crippen molar-refractivity contribution in [3.63, 3.8) is 0 Å². The summed E-state index contributed by atoms with van der Waals surface area (Å²) in [4.78, 5) is 19.6. The SMILES string of the molecule is Cl.Cl.NC1CCCN(C(=O)c2cc(-c3ccco3)nc3ccccc23)C1. The number of nitrogens with two attached hydrogens (primary N) is 1. The second-order valence-electron chi connectivity index (χ2n) is 6.20. The maximum atomic E-state index is 13.1. The summed E-state index contributed by atoms with van der Waals surface area (Å²) in [6.07, 6.45) is 3.52. The zero-order valence-corrected chi connectivity index (χ0v) is 15.8. The van der Waals surface area contributed by atoms with Gasteiger partial charge in [0.15, 0.2) is 5.76 Å². The molecule has 3 heterocycles. The highest BCUT2D eigenvalue weighted by molar-refractivity contribution is 6.07. The highest BCUT2D eigenvalue weighted by Gasteiger charge is 2.24. The highest BCUT2D eigenvalue weighted by atomic mass is 35.5. The second kappa shape index (κ2) is 8.54. The molecular weight excluding hydrogens is 373 g/mol. The Morgan fingerprint density at radius 2 is 2.00 bits per heavy atom. The normalized spacial score (nSPS) is 16.7. The molecule has 0 spiro atoms. The number of likely N-dealkylation sites (tertiary alicyclic amines) is 1. The van der Waals surface area contributed by atoms with Crippen molar-refractivity contribution in [3.05, 3.63) is 54.3 Å². The first-order valence-corrected chi connectivity index (χ1v) is 8.21. The fourth-order valence-corrected chi connectivity index (χ4v) is 3.27. The molecule has 1 unspecified atom stereocenters. The molecule has 0 aliphatic carbocycles. The number of carbonyl (C=O) groups is 1. The van der Waals surface area contributed by atoms with Crippen LogP contribution in [0.1, 0.15) is 23.2 Å². The van der Waals surface area contributed by atoms with Crippen LogP contribution in [0, 0.1) is 0 Å². The van der Waals surface area contributed by atoms with Gasteiger partial charge in [-0.25, -0.2) is 4.98 Å². The highest BCUT2D eigenvalue weighted by Crippen LogP contribution is 2.26. The molecule has 7 heteroatoms. The van der Waals surface area contributed by atoms with Crippen LogP contribution in [0.2, 0.25) is 0 Å². The first-order chi connectivity index (χ1) is 11.7. The Balaban J connectivity index is 0.00000121. The van der Waals surface area contributed by atoms with Gasteiger partial charge in [0.05, 0.1) is 17.3 Å². The van der Waals surface area contributed by atoms with Crippen molar-refractivity contribution in [2.45, 2.75) is 18.9 Å². The Kier molecular flexibility index (Phi) is 6.64. The van der Waals surface area contributed by atoms with Gasteiger partial charge in [-0.1, -0.05) is 18.2 Å². The third-order valence-electron chi connectivity index (χ3n) is 4.47. The Morgan fingerprint density at radius 3 is 2.73 bits per heavy atom. The molecule has 1 fully saturated rings. The van der Waals surface area contributed by atoms with Gasteiger partial charge in [0.25, 0.3) is 5.91 Å². The minimum Gasteiger partial charge on any atom is -0.463 e. The summed E-state index contributed by atoms with van der Waals surface area (Å²) in [7, 11) is 0. The molecule has 1 amide bonds. The molecule has 2 aromatic heterocycles. The number of furan rings is 1. The predicted molar refractivity (Wildman–Crippen MR) is 107 cm³/mol. The van der Waals surface area contributed by atoms with E-state index in [0.29, 0.717) is 23.6 Å². The number of piperidine rings is 1. The monoisotopic (exact) mass is 393 g/mol. The molecule has 1 aliphatic heterocycles. The quantitative estimate of drug-likeness (QED) is 0.716. The zero-order chi connectivity index (χ0) is 16.5. The van der Waals surface area contributed by atoms with Gasteiger partial charge in [-0.15, -0.1) is 24.8 Å². The number of amides is 1. The lowest BCUT2D eigenvalue weighted by atomic mass is 10.0.